The monoisotopic (exact) mass is 537 g/mol. The highest BCUT2D eigenvalue weighted by molar-refractivity contribution is 6.01. The Balaban J connectivity index is 0.000000438. The molecule has 0 aliphatic carbocycles. The zero-order valence-electron chi connectivity index (χ0n) is 21.7. The van der Waals surface area contributed by atoms with Gasteiger partial charge in [-0.3, -0.25) is 24.6 Å². The van der Waals surface area contributed by atoms with Crippen LogP contribution in [-0.2, 0) is 27.2 Å². The number of nitrogens with one attached hydrogen (secondary N) is 3. The Bertz CT molecular complexity index is 1310. The first-order valence-electron chi connectivity index (χ1n) is 12.7. The third kappa shape index (κ3) is 6.85. The number of nitrogens with zero attached hydrogens (tertiary/aromatic N) is 4. The molecule has 5 heterocycles. The molecular formula is C26H31N7O6. The van der Waals surface area contributed by atoms with Gasteiger partial charge in [0.25, 0.3) is 0 Å². The van der Waals surface area contributed by atoms with Crippen molar-refractivity contribution in [2.75, 3.05) is 56.7 Å². The van der Waals surface area contributed by atoms with Crippen molar-refractivity contribution in [3.05, 3.63) is 50.9 Å². The third-order valence-electron chi connectivity index (χ3n) is 6.70. The van der Waals surface area contributed by atoms with Crippen LogP contribution in [0.3, 0.4) is 0 Å². The number of H-pyrrole nitrogens is 1. The lowest BCUT2D eigenvalue weighted by molar-refractivity contribution is -0.143. The van der Waals surface area contributed by atoms with E-state index in [1.807, 2.05) is 6.07 Å². The highest BCUT2D eigenvalue weighted by Crippen LogP contribution is 2.28. The predicted octanol–water partition coefficient (Wildman–Crippen LogP) is 0.792. The van der Waals surface area contributed by atoms with Crippen molar-refractivity contribution in [3.63, 3.8) is 0 Å². The van der Waals surface area contributed by atoms with E-state index in [1.54, 1.807) is 18.1 Å². The standard InChI is InChI=1S/C21H20N6O5.C5H11NO/c22-8-15-9-23-18(7-17(15)29)25-21(31)27-3-1-2-13-6-14(16(11-28)24-20(13)27)10-26-4-5-32-12-19(26)30;1-7-5-2-3-6-4-5/h6-7,9,11H,1-5,10,12H2,(H2,23,25,29,31);5-6H,2-4H2,1H3. The Morgan fingerprint density at radius 1 is 1.36 bits per heavy atom. The van der Waals surface area contributed by atoms with Gasteiger partial charge in [-0.2, -0.15) is 5.26 Å². The molecule has 0 saturated carbocycles. The third-order valence-corrected chi connectivity index (χ3v) is 6.70. The molecule has 3 aliphatic rings. The molecule has 2 aromatic rings. The number of hydrogen-bond acceptors (Lipinski definition) is 9. The number of rotatable bonds is 5. The summed E-state index contributed by atoms with van der Waals surface area (Å²) in [5.74, 6) is 0.358. The van der Waals surface area contributed by atoms with Crippen LogP contribution >= 0.6 is 0 Å². The van der Waals surface area contributed by atoms with Crippen molar-refractivity contribution >= 4 is 29.9 Å². The molecule has 0 aromatic carbocycles. The highest BCUT2D eigenvalue weighted by atomic mass is 16.5. The molecular weight excluding hydrogens is 506 g/mol. The summed E-state index contributed by atoms with van der Waals surface area (Å²) in [4.78, 5) is 58.6. The van der Waals surface area contributed by atoms with Crippen LogP contribution in [0.2, 0.25) is 0 Å². The van der Waals surface area contributed by atoms with Gasteiger partial charge in [0.15, 0.2) is 6.29 Å². The molecule has 3 amide bonds. The molecule has 3 aliphatic heterocycles. The van der Waals surface area contributed by atoms with Crippen LogP contribution in [0.5, 0.6) is 0 Å². The second-order valence-electron chi connectivity index (χ2n) is 9.27. The number of aromatic nitrogens is 2. The van der Waals surface area contributed by atoms with E-state index in [9.17, 15) is 19.2 Å². The summed E-state index contributed by atoms with van der Waals surface area (Å²) < 4.78 is 10.2. The van der Waals surface area contributed by atoms with Gasteiger partial charge in [0.05, 0.1) is 12.7 Å². The normalized spacial score (nSPS) is 18.5. The molecule has 1 unspecified atom stereocenters. The number of carbonyl (C=O) groups excluding carboxylic acids is 3. The van der Waals surface area contributed by atoms with E-state index < -0.39 is 11.5 Å². The molecule has 0 radical (unpaired) electrons. The number of carbonyl (C=O) groups is 3. The number of pyridine rings is 2. The van der Waals surface area contributed by atoms with Crippen molar-refractivity contribution in [2.45, 2.75) is 31.9 Å². The van der Waals surface area contributed by atoms with Gasteiger partial charge < -0.3 is 24.7 Å². The number of aromatic amines is 1. The first kappa shape index (κ1) is 27.9. The van der Waals surface area contributed by atoms with E-state index >= 15 is 0 Å². The summed E-state index contributed by atoms with van der Waals surface area (Å²) in [5, 5.41) is 14.7. The number of hydrogen-bond donors (Lipinski definition) is 3. The largest absolute Gasteiger partial charge is 0.380 e. The molecule has 0 spiro atoms. The molecule has 13 nitrogen and oxygen atoms in total. The van der Waals surface area contributed by atoms with Gasteiger partial charge in [0.2, 0.25) is 11.3 Å². The fraction of sp³-hybridized carbons (Fsp3) is 0.462. The number of methoxy groups -OCH3 is 1. The average molecular weight is 538 g/mol. The minimum atomic E-state index is -0.522. The quantitative estimate of drug-likeness (QED) is 0.467. The molecule has 1 atom stereocenters. The van der Waals surface area contributed by atoms with E-state index in [2.05, 4.69) is 20.6 Å². The van der Waals surface area contributed by atoms with Crippen molar-refractivity contribution in [2.24, 2.45) is 0 Å². The van der Waals surface area contributed by atoms with E-state index in [1.165, 1.54) is 17.5 Å². The number of aldehydes is 1. The highest BCUT2D eigenvalue weighted by Gasteiger charge is 2.27. The van der Waals surface area contributed by atoms with Gasteiger partial charge in [-0.1, -0.05) is 0 Å². The number of urea groups is 1. The van der Waals surface area contributed by atoms with Gasteiger partial charge in [-0.15, -0.1) is 0 Å². The average Bonchev–Trinajstić information content (AvgIpc) is 3.48. The van der Waals surface area contributed by atoms with Crippen LogP contribution in [0.25, 0.3) is 0 Å². The number of morpholine rings is 1. The second-order valence-corrected chi connectivity index (χ2v) is 9.27. The summed E-state index contributed by atoms with van der Waals surface area (Å²) in [6.45, 7) is 3.67. The lowest BCUT2D eigenvalue weighted by Crippen LogP contribution is -2.42. The Hall–Kier alpha value is -4.12. The fourth-order valence-corrected chi connectivity index (χ4v) is 4.55. The summed E-state index contributed by atoms with van der Waals surface area (Å²) in [6.07, 6.45) is 4.86. The SMILES string of the molecule is COC1CCNC1.N#Cc1c[nH]c(NC(=O)N2CCCc3cc(CN4CCOCC4=O)c(C=O)nc32)cc1=O. The molecule has 2 aromatic heterocycles. The van der Waals surface area contributed by atoms with Gasteiger partial charge in [0.1, 0.15) is 35.6 Å². The lowest BCUT2D eigenvalue weighted by atomic mass is 10.0. The van der Waals surface area contributed by atoms with E-state index in [-0.39, 0.29) is 36.1 Å². The zero-order chi connectivity index (χ0) is 27.8. The molecule has 2 saturated heterocycles. The Morgan fingerprint density at radius 2 is 2.21 bits per heavy atom. The summed E-state index contributed by atoms with van der Waals surface area (Å²) in [7, 11) is 1.76. The van der Waals surface area contributed by atoms with Crippen LogP contribution in [0.1, 0.15) is 40.0 Å². The maximum atomic E-state index is 12.9. The van der Waals surface area contributed by atoms with Gasteiger partial charge in [-0.25, -0.2) is 9.78 Å². The van der Waals surface area contributed by atoms with Crippen LogP contribution in [-0.4, -0.2) is 85.7 Å². The van der Waals surface area contributed by atoms with Crippen LogP contribution < -0.4 is 21.0 Å². The van der Waals surface area contributed by atoms with Gasteiger partial charge in [-0.05, 0) is 37.4 Å². The summed E-state index contributed by atoms with van der Waals surface area (Å²) in [6, 6.07) is 4.19. The number of anilines is 2. The van der Waals surface area contributed by atoms with E-state index in [0.717, 1.165) is 24.7 Å². The zero-order valence-corrected chi connectivity index (χ0v) is 21.7. The Morgan fingerprint density at radius 3 is 2.85 bits per heavy atom. The molecule has 2 fully saturated rings. The maximum absolute atomic E-state index is 12.9. The van der Waals surface area contributed by atoms with Crippen molar-refractivity contribution in [1.29, 1.82) is 5.26 Å². The molecule has 5 rings (SSSR count). The fourth-order valence-electron chi connectivity index (χ4n) is 4.55. The van der Waals surface area contributed by atoms with Crippen LogP contribution in [0.4, 0.5) is 16.4 Å². The number of ether oxygens (including phenoxy) is 2. The smallest absolute Gasteiger partial charge is 0.328 e. The lowest BCUT2D eigenvalue weighted by Gasteiger charge is -2.30. The Kier molecular flexibility index (Phi) is 9.37. The minimum Gasteiger partial charge on any atom is -0.380 e. The van der Waals surface area contributed by atoms with Gasteiger partial charge in [0, 0.05) is 51.1 Å². The number of aryl methyl sites for hydroxylation is 1. The topological polar surface area (TPSA) is 170 Å². The molecule has 13 heteroatoms. The number of fused-ring (bicyclic) bond motifs is 1. The first-order chi connectivity index (χ1) is 18.9. The predicted molar refractivity (Wildman–Crippen MR) is 141 cm³/mol. The van der Waals surface area contributed by atoms with Crippen molar-refractivity contribution in [1.82, 2.24) is 20.2 Å². The molecule has 39 heavy (non-hydrogen) atoms. The second kappa shape index (κ2) is 13.1. The van der Waals surface area contributed by atoms with Crippen LogP contribution in [0.15, 0.2) is 23.1 Å². The summed E-state index contributed by atoms with van der Waals surface area (Å²) >= 11 is 0. The van der Waals surface area contributed by atoms with Crippen molar-refractivity contribution in [3.8, 4) is 6.07 Å². The minimum absolute atomic E-state index is 0.0141. The first-order valence-corrected chi connectivity index (χ1v) is 12.7. The van der Waals surface area contributed by atoms with E-state index in [4.69, 9.17) is 14.7 Å². The molecule has 3 N–H and O–H groups in total. The van der Waals surface area contributed by atoms with Crippen molar-refractivity contribution < 1.29 is 23.9 Å². The maximum Gasteiger partial charge on any atom is 0.328 e. The molecule has 0 bridgehead atoms. The van der Waals surface area contributed by atoms with E-state index in [0.29, 0.717) is 56.3 Å². The summed E-state index contributed by atoms with van der Waals surface area (Å²) in [5.41, 5.74) is 1.00. The Labute approximate surface area is 225 Å². The van der Waals surface area contributed by atoms with Crippen LogP contribution in [0, 0.1) is 11.3 Å². The van der Waals surface area contributed by atoms with Gasteiger partial charge >= 0.3 is 6.03 Å². The number of nitriles is 1. The molecule has 206 valence electrons. The number of amides is 3.